The van der Waals surface area contributed by atoms with Crippen LogP contribution in [0.15, 0.2) is 29.3 Å². The number of hydrogen-bond acceptors (Lipinski definition) is 4. The van der Waals surface area contributed by atoms with Crippen LogP contribution in [0.1, 0.15) is 26.7 Å². The molecule has 1 aromatic rings. The van der Waals surface area contributed by atoms with Crippen molar-refractivity contribution in [3.05, 3.63) is 24.3 Å². The summed E-state index contributed by atoms with van der Waals surface area (Å²) in [7, 11) is 1.63. The van der Waals surface area contributed by atoms with Gasteiger partial charge in [-0.2, -0.15) is 0 Å². The van der Waals surface area contributed by atoms with Gasteiger partial charge in [0.1, 0.15) is 17.6 Å². The predicted molar refractivity (Wildman–Crippen MR) is 123 cm³/mol. The summed E-state index contributed by atoms with van der Waals surface area (Å²) in [6.07, 6.45) is -0.698. The number of guanidine groups is 1. The van der Waals surface area contributed by atoms with Crippen LogP contribution in [0.4, 0.5) is 8.78 Å². The number of alkyl halides is 2. The zero-order valence-corrected chi connectivity index (χ0v) is 19.7. The van der Waals surface area contributed by atoms with Crippen LogP contribution >= 0.6 is 24.0 Å². The highest BCUT2D eigenvalue weighted by Crippen LogP contribution is 2.18. The molecule has 0 amide bonds. The Morgan fingerprint density at radius 3 is 2.38 bits per heavy atom. The largest absolute Gasteiger partial charge is 0.497 e. The number of nitrogens with zero attached hydrogens (tertiary/aromatic N) is 2. The van der Waals surface area contributed by atoms with Crippen molar-refractivity contribution >= 4 is 29.9 Å². The molecule has 9 heteroatoms. The summed E-state index contributed by atoms with van der Waals surface area (Å²) in [4.78, 5) is 6.43. The fourth-order valence-corrected chi connectivity index (χ4v) is 3.11. The molecule has 1 aliphatic rings. The average Bonchev–Trinajstić information content (AvgIpc) is 2.68. The van der Waals surface area contributed by atoms with Crippen LogP contribution in [-0.4, -0.2) is 69.3 Å². The predicted octanol–water partition coefficient (Wildman–Crippen LogP) is 3.37. The molecule has 0 bridgehead atoms. The number of hydrogen-bond donors (Lipinski definition) is 2. The molecule has 1 unspecified atom stereocenters. The summed E-state index contributed by atoms with van der Waals surface area (Å²) >= 11 is 0. The summed E-state index contributed by atoms with van der Waals surface area (Å²) < 4.78 is 36.0. The van der Waals surface area contributed by atoms with E-state index in [-0.39, 0.29) is 42.7 Å². The summed E-state index contributed by atoms with van der Waals surface area (Å²) in [6, 6.07) is 7.70. The third kappa shape index (κ3) is 9.79. The van der Waals surface area contributed by atoms with Gasteiger partial charge in [-0.05, 0) is 51.0 Å². The van der Waals surface area contributed by atoms with Gasteiger partial charge >= 0.3 is 0 Å². The number of rotatable bonds is 9. The SMILES string of the molecule is CCNC(=NCC(C)Oc1ccc(OC)cc1)NC1CCN(CC(F)F)CC1.I. The van der Waals surface area contributed by atoms with E-state index in [1.54, 1.807) is 7.11 Å². The number of halogens is 3. The molecule has 1 aliphatic heterocycles. The molecule has 1 saturated heterocycles. The molecule has 0 aliphatic carbocycles. The molecular formula is C20H33F2IN4O2. The quantitative estimate of drug-likeness (QED) is 0.294. The van der Waals surface area contributed by atoms with Gasteiger partial charge in [-0.1, -0.05) is 0 Å². The first-order valence-corrected chi connectivity index (χ1v) is 9.86. The number of ether oxygens (including phenoxy) is 2. The van der Waals surface area contributed by atoms with Gasteiger partial charge in [-0.25, -0.2) is 13.8 Å². The zero-order valence-electron chi connectivity index (χ0n) is 17.4. The third-order valence-electron chi connectivity index (χ3n) is 4.57. The molecule has 1 aromatic carbocycles. The number of benzene rings is 1. The second-order valence-electron chi connectivity index (χ2n) is 6.93. The summed E-state index contributed by atoms with van der Waals surface area (Å²) in [6.45, 7) is 6.47. The van der Waals surface area contributed by atoms with Gasteiger partial charge in [0.05, 0.1) is 20.2 Å². The first-order valence-electron chi connectivity index (χ1n) is 9.86. The van der Waals surface area contributed by atoms with Gasteiger partial charge in [0.2, 0.25) is 0 Å². The van der Waals surface area contributed by atoms with Crippen LogP contribution in [0, 0.1) is 0 Å². The van der Waals surface area contributed by atoms with Crippen molar-refractivity contribution < 1.29 is 18.3 Å². The first kappa shape index (κ1) is 25.7. The average molecular weight is 526 g/mol. The van der Waals surface area contributed by atoms with E-state index in [4.69, 9.17) is 9.47 Å². The Labute approximate surface area is 189 Å². The maximum absolute atomic E-state index is 12.5. The molecule has 0 aromatic heterocycles. The molecule has 6 nitrogen and oxygen atoms in total. The normalized spacial score (nSPS) is 16.8. The van der Waals surface area contributed by atoms with Crippen LogP contribution in [0.5, 0.6) is 11.5 Å². The van der Waals surface area contributed by atoms with E-state index in [0.717, 1.165) is 36.8 Å². The Bertz CT molecular complexity index is 597. The minimum atomic E-state index is -2.27. The molecule has 2 N–H and O–H groups in total. The number of methoxy groups -OCH3 is 1. The van der Waals surface area contributed by atoms with Gasteiger partial charge in [0.15, 0.2) is 5.96 Å². The first-order chi connectivity index (χ1) is 13.5. The van der Waals surface area contributed by atoms with E-state index in [1.165, 1.54) is 0 Å². The van der Waals surface area contributed by atoms with E-state index in [9.17, 15) is 8.78 Å². The van der Waals surface area contributed by atoms with E-state index >= 15 is 0 Å². The van der Waals surface area contributed by atoms with Crippen molar-refractivity contribution in [2.24, 2.45) is 4.99 Å². The fraction of sp³-hybridized carbons (Fsp3) is 0.650. The lowest BCUT2D eigenvalue weighted by atomic mass is 10.1. The lowest BCUT2D eigenvalue weighted by Crippen LogP contribution is -2.49. The highest BCUT2D eigenvalue weighted by molar-refractivity contribution is 14.0. The van der Waals surface area contributed by atoms with Gasteiger partial charge in [-0.15, -0.1) is 24.0 Å². The fourth-order valence-electron chi connectivity index (χ4n) is 3.11. The number of nitrogens with one attached hydrogen (secondary N) is 2. The standard InChI is InChI=1S/C20H32F2N4O2.HI/c1-4-23-20(25-16-9-11-26(12-10-16)14-19(21)22)24-13-15(2)28-18-7-5-17(27-3)6-8-18;/h5-8,15-16,19H,4,9-14H2,1-3H3,(H2,23,24,25);1H. The van der Waals surface area contributed by atoms with Crippen LogP contribution in [0.25, 0.3) is 0 Å². The van der Waals surface area contributed by atoms with E-state index in [0.29, 0.717) is 19.6 Å². The summed E-state index contributed by atoms with van der Waals surface area (Å²) in [5.74, 6) is 2.30. The van der Waals surface area contributed by atoms with Gasteiger partial charge in [0.25, 0.3) is 6.43 Å². The summed E-state index contributed by atoms with van der Waals surface area (Å²) in [5, 5.41) is 6.66. The van der Waals surface area contributed by atoms with Crippen molar-refractivity contribution in [1.29, 1.82) is 0 Å². The van der Waals surface area contributed by atoms with Crippen molar-refractivity contribution in [3.8, 4) is 11.5 Å². The maximum Gasteiger partial charge on any atom is 0.251 e. The second-order valence-corrected chi connectivity index (χ2v) is 6.93. The lowest BCUT2D eigenvalue weighted by molar-refractivity contribution is 0.0744. The Morgan fingerprint density at radius 2 is 1.83 bits per heavy atom. The van der Waals surface area contributed by atoms with Gasteiger partial charge in [-0.3, -0.25) is 4.90 Å². The molecule has 1 fully saturated rings. The number of aliphatic imine (C=N–C) groups is 1. The van der Waals surface area contributed by atoms with Gasteiger partial charge < -0.3 is 20.1 Å². The molecular weight excluding hydrogens is 493 g/mol. The highest BCUT2D eigenvalue weighted by Gasteiger charge is 2.22. The van der Waals surface area contributed by atoms with E-state index in [2.05, 4.69) is 15.6 Å². The Balaban J connectivity index is 0.00000420. The van der Waals surface area contributed by atoms with Crippen molar-refractivity contribution in [3.63, 3.8) is 0 Å². The minimum Gasteiger partial charge on any atom is -0.497 e. The molecule has 1 atom stereocenters. The molecule has 1 heterocycles. The van der Waals surface area contributed by atoms with Crippen LogP contribution in [0.3, 0.4) is 0 Å². The third-order valence-corrected chi connectivity index (χ3v) is 4.57. The molecule has 2 rings (SSSR count). The minimum absolute atomic E-state index is 0. The second kappa shape index (κ2) is 13.8. The maximum atomic E-state index is 12.5. The Morgan fingerprint density at radius 1 is 1.21 bits per heavy atom. The lowest BCUT2D eigenvalue weighted by Gasteiger charge is -2.32. The monoisotopic (exact) mass is 526 g/mol. The van der Waals surface area contributed by atoms with Crippen LogP contribution in [-0.2, 0) is 0 Å². The molecule has 29 heavy (non-hydrogen) atoms. The van der Waals surface area contributed by atoms with Crippen LogP contribution < -0.4 is 20.1 Å². The van der Waals surface area contributed by atoms with Crippen LogP contribution in [0.2, 0.25) is 0 Å². The zero-order chi connectivity index (χ0) is 20.4. The van der Waals surface area contributed by atoms with E-state index < -0.39 is 6.43 Å². The summed E-state index contributed by atoms with van der Waals surface area (Å²) in [5.41, 5.74) is 0. The Kier molecular flexibility index (Phi) is 12.2. The number of piperidine rings is 1. The van der Waals surface area contributed by atoms with Crippen molar-refractivity contribution in [2.45, 2.75) is 45.3 Å². The molecule has 0 radical (unpaired) electrons. The smallest absolute Gasteiger partial charge is 0.251 e. The molecule has 0 saturated carbocycles. The van der Waals surface area contributed by atoms with Gasteiger partial charge in [0, 0.05) is 25.7 Å². The highest BCUT2D eigenvalue weighted by atomic mass is 127. The Hall–Kier alpha value is -1.36. The molecule has 166 valence electrons. The topological polar surface area (TPSA) is 58.1 Å². The van der Waals surface area contributed by atoms with Crippen molar-refractivity contribution in [2.75, 3.05) is 39.8 Å². The molecule has 0 spiro atoms. The number of likely N-dealkylation sites (tertiary alicyclic amines) is 1. The van der Waals surface area contributed by atoms with E-state index in [1.807, 2.05) is 43.0 Å². The van der Waals surface area contributed by atoms with Crippen molar-refractivity contribution in [1.82, 2.24) is 15.5 Å².